The van der Waals surface area contributed by atoms with Crippen LogP contribution in [0.5, 0.6) is 0 Å². The molecule has 2 aromatic rings. The van der Waals surface area contributed by atoms with Crippen molar-refractivity contribution in [2.45, 2.75) is 50.5 Å². The van der Waals surface area contributed by atoms with Crippen molar-refractivity contribution in [3.05, 3.63) is 71.3 Å². The number of hydrazone groups is 1. The van der Waals surface area contributed by atoms with Gasteiger partial charge >= 0.3 is 12.1 Å². The van der Waals surface area contributed by atoms with Crippen LogP contribution in [0.1, 0.15) is 51.2 Å². The van der Waals surface area contributed by atoms with Gasteiger partial charge in [-0.2, -0.15) is 10.1 Å². The fraction of sp³-hybridized carbons (Fsp3) is 0.571. The number of urea groups is 1. The minimum absolute atomic E-state index is 0.0553. The van der Waals surface area contributed by atoms with Crippen LogP contribution in [0.25, 0.3) is 0 Å². The predicted octanol–water partition coefficient (Wildman–Crippen LogP) is 5.33. The van der Waals surface area contributed by atoms with Gasteiger partial charge in [0.25, 0.3) is 0 Å². The summed E-state index contributed by atoms with van der Waals surface area (Å²) in [4.78, 5) is 26.7. The van der Waals surface area contributed by atoms with E-state index in [1.54, 1.807) is 27.8 Å². The highest BCUT2D eigenvalue weighted by Gasteiger charge is 2.49. The number of nitrogens with one attached hydrogen (secondary N) is 1. The molecular formula is C35H50F2N4O8S. The van der Waals surface area contributed by atoms with Gasteiger partial charge < -0.3 is 39.0 Å². The smallest absolute Gasteiger partial charge is 0.407 e. The van der Waals surface area contributed by atoms with Crippen LogP contribution in [0, 0.1) is 11.6 Å². The van der Waals surface area contributed by atoms with E-state index in [4.69, 9.17) is 28.8 Å². The van der Waals surface area contributed by atoms with E-state index < -0.39 is 34.2 Å². The molecule has 1 aliphatic heterocycles. The Balaban J connectivity index is 1.63. The van der Waals surface area contributed by atoms with Gasteiger partial charge in [0.1, 0.15) is 27.2 Å². The monoisotopic (exact) mass is 724 g/mol. The number of thioether (sulfide) groups is 1. The molecule has 1 aliphatic rings. The third-order valence-electron chi connectivity index (χ3n) is 7.18. The highest BCUT2D eigenvalue weighted by molar-refractivity contribution is 8.15. The van der Waals surface area contributed by atoms with Gasteiger partial charge in [0.05, 0.1) is 46.2 Å². The second-order valence-electron chi connectivity index (χ2n) is 12.4. The molecule has 0 aliphatic carbocycles. The molecule has 50 heavy (non-hydrogen) atoms. The van der Waals surface area contributed by atoms with Crippen LogP contribution < -0.4 is 5.32 Å². The van der Waals surface area contributed by atoms with Crippen LogP contribution >= 0.6 is 11.8 Å². The van der Waals surface area contributed by atoms with Gasteiger partial charge in [-0.3, -0.25) is 0 Å². The van der Waals surface area contributed by atoms with Crippen molar-refractivity contribution in [3.8, 4) is 0 Å². The number of benzene rings is 2. The molecule has 0 unspecified atom stereocenters. The number of nitrogens with zero attached hydrogens (tertiary/aromatic N) is 3. The Morgan fingerprint density at radius 1 is 0.920 bits per heavy atom. The minimum Gasteiger partial charge on any atom is -0.444 e. The first-order valence-electron chi connectivity index (χ1n) is 16.7. The summed E-state index contributed by atoms with van der Waals surface area (Å²) in [5.41, 5.74) is 0.0114. The molecular weight excluding hydrogens is 674 g/mol. The largest absolute Gasteiger partial charge is 0.444 e. The molecule has 0 bridgehead atoms. The molecule has 15 heteroatoms. The van der Waals surface area contributed by atoms with Crippen molar-refractivity contribution >= 4 is 28.9 Å². The number of hydrogen-bond donors (Lipinski definition) is 2. The van der Waals surface area contributed by atoms with E-state index in [2.05, 4.69) is 10.4 Å². The summed E-state index contributed by atoms with van der Waals surface area (Å²) in [6, 6.07) is 11.9. The number of carbonyl (C=O) groups is 2. The third-order valence-corrected chi connectivity index (χ3v) is 8.63. The highest BCUT2D eigenvalue weighted by atomic mass is 32.2. The number of carbonyl (C=O) groups excluding carboxylic acids is 2. The highest BCUT2D eigenvalue weighted by Crippen LogP contribution is 2.51. The van der Waals surface area contributed by atoms with Crippen molar-refractivity contribution in [2.75, 3.05) is 79.6 Å². The molecule has 12 nitrogen and oxygen atoms in total. The summed E-state index contributed by atoms with van der Waals surface area (Å²) >= 11 is 1.16. The van der Waals surface area contributed by atoms with Crippen LogP contribution in [0.2, 0.25) is 0 Å². The molecule has 3 amide bonds. The number of amides is 3. The minimum atomic E-state index is -1.14. The molecule has 1 heterocycles. The van der Waals surface area contributed by atoms with E-state index in [0.29, 0.717) is 65.5 Å². The molecule has 2 aromatic carbocycles. The Labute approximate surface area is 297 Å². The zero-order chi connectivity index (χ0) is 36.4. The number of likely N-dealkylation sites (N-methyl/N-ethyl adjacent to an activating group) is 1. The number of ether oxygens (including phenoxy) is 5. The molecule has 0 saturated carbocycles. The van der Waals surface area contributed by atoms with Crippen LogP contribution in [0.3, 0.4) is 0 Å². The zero-order valence-electron chi connectivity index (χ0n) is 29.3. The summed E-state index contributed by atoms with van der Waals surface area (Å²) in [7, 11) is 1.62. The maximum Gasteiger partial charge on any atom is 0.407 e. The Kier molecular flexibility index (Phi) is 17.4. The molecule has 1 atom stereocenters. The number of halogens is 2. The lowest BCUT2D eigenvalue weighted by Gasteiger charge is -2.37. The predicted molar refractivity (Wildman–Crippen MR) is 187 cm³/mol. The van der Waals surface area contributed by atoms with Crippen LogP contribution in [0.15, 0.2) is 53.6 Å². The fourth-order valence-electron chi connectivity index (χ4n) is 4.76. The molecule has 0 saturated heterocycles. The van der Waals surface area contributed by atoms with Gasteiger partial charge in [0.15, 0.2) is 0 Å². The van der Waals surface area contributed by atoms with Crippen molar-refractivity contribution in [2.24, 2.45) is 5.10 Å². The molecule has 2 N–H and O–H groups in total. The summed E-state index contributed by atoms with van der Waals surface area (Å²) < 4.78 is 56.6. The Morgan fingerprint density at radius 2 is 1.54 bits per heavy atom. The molecule has 3 rings (SSSR count). The first-order chi connectivity index (χ1) is 24.0. The number of aliphatic hydroxyl groups is 1. The standard InChI is InChI=1S/C35H50F2N4O8S/c1-34(2,3)49-32(43)38-15-8-14-35(27-10-6-5-7-11-27)41(39-31(50-35)29-26-28(36)12-13-30(29)37)33(44)40(4)16-19-46-21-23-48-25-24-47-22-20-45-18-9-17-42/h5-7,10-13,26,42H,8-9,14-25H2,1-4H3,(H,38,43)/t35-/m0/s1. The first kappa shape index (κ1) is 41.1. The second-order valence-corrected chi connectivity index (χ2v) is 13.6. The molecule has 0 spiro atoms. The van der Waals surface area contributed by atoms with E-state index in [1.165, 1.54) is 9.91 Å². The number of rotatable bonds is 21. The van der Waals surface area contributed by atoms with E-state index in [0.717, 1.165) is 35.5 Å². The molecule has 278 valence electrons. The summed E-state index contributed by atoms with van der Waals surface area (Å²) in [6.07, 6.45) is 0.763. The van der Waals surface area contributed by atoms with E-state index in [1.807, 2.05) is 30.3 Å². The van der Waals surface area contributed by atoms with Crippen molar-refractivity contribution in [1.29, 1.82) is 0 Å². The van der Waals surface area contributed by atoms with Gasteiger partial charge in [-0.15, -0.1) is 0 Å². The number of hydrogen-bond acceptors (Lipinski definition) is 10. The van der Waals surface area contributed by atoms with Crippen molar-refractivity contribution < 1.29 is 47.2 Å². The average Bonchev–Trinajstić information content (AvgIpc) is 3.47. The normalized spacial score (nSPS) is 16.0. The Morgan fingerprint density at radius 3 is 2.16 bits per heavy atom. The number of aliphatic hydroxyl groups excluding tert-OH is 1. The quantitative estimate of drug-likeness (QED) is 0.164. The molecule has 0 fully saturated rings. The van der Waals surface area contributed by atoms with Crippen LogP contribution in [-0.2, 0) is 28.6 Å². The van der Waals surface area contributed by atoms with E-state index in [9.17, 15) is 14.0 Å². The lowest BCUT2D eigenvalue weighted by atomic mass is 10.0. The zero-order valence-corrected chi connectivity index (χ0v) is 30.1. The number of alkyl carbamates (subject to hydrolysis) is 1. The van der Waals surface area contributed by atoms with Crippen molar-refractivity contribution in [3.63, 3.8) is 0 Å². The first-order valence-corrected chi connectivity index (χ1v) is 17.5. The molecule has 0 radical (unpaired) electrons. The van der Waals surface area contributed by atoms with Gasteiger partial charge in [-0.25, -0.2) is 18.4 Å². The lowest BCUT2D eigenvalue weighted by Crippen LogP contribution is -2.48. The van der Waals surface area contributed by atoms with Crippen LogP contribution in [-0.4, -0.2) is 117 Å². The van der Waals surface area contributed by atoms with Gasteiger partial charge in [-0.1, -0.05) is 42.1 Å². The summed E-state index contributed by atoms with van der Waals surface area (Å²) in [5, 5.41) is 17.6. The van der Waals surface area contributed by atoms with E-state index >= 15 is 4.39 Å². The topological polar surface area (TPSA) is 131 Å². The second kappa shape index (κ2) is 21.1. The molecule has 0 aromatic heterocycles. The SMILES string of the molecule is CN(CCOCCOCCOCCOCCCO)C(=O)N1N=C(c2cc(F)ccc2F)S[C@@]1(CCCNC(=O)OC(C)(C)C)c1ccccc1. The fourth-order valence-corrected chi connectivity index (χ4v) is 6.18. The maximum atomic E-state index is 15.0. The van der Waals surface area contributed by atoms with E-state index in [-0.39, 0.29) is 36.9 Å². The Bertz CT molecular complexity index is 1370. The average molecular weight is 725 g/mol. The maximum absolute atomic E-state index is 15.0. The lowest BCUT2D eigenvalue weighted by molar-refractivity contribution is -0.00416. The Hall–Kier alpha value is -3.34. The van der Waals surface area contributed by atoms with Gasteiger partial charge in [0, 0.05) is 38.9 Å². The van der Waals surface area contributed by atoms with Gasteiger partial charge in [0.2, 0.25) is 0 Å². The summed E-state index contributed by atoms with van der Waals surface area (Å²) in [5.74, 6) is -1.30. The summed E-state index contributed by atoms with van der Waals surface area (Å²) in [6.45, 7) is 8.97. The van der Waals surface area contributed by atoms with Crippen molar-refractivity contribution in [1.82, 2.24) is 15.2 Å². The van der Waals surface area contributed by atoms with Gasteiger partial charge in [-0.05, 0) is 63.8 Å². The van der Waals surface area contributed by atoms with Crippen LogP contribution in [0.4, 0.5) is 18.4 Å². The third kappa shape index (κ3) is 13.4.